The van der Waals surface area contributed by atoms with Gasteiger partial charge in [0.25, 0.3) is 5.91 Å². The van der Waals surface area contributed by atoms with Crippen molar-refractivity contribution in [2.75, 3.05) is 26.2 Å². The second kappa shape index (κ2) is 7.77. The predicted molar refractivity (Wildman–Crippen MR) is 90.3 cm³/mol. The van der Waals surface area contributed by atoms with Gasteiger partial charge in [-0.25, -0.2) is 0 Å². The highest BCUT2D eigenvalue weighted by Gasteiger charge is 2.18. The van der Waals surface area contributed by atoms with Gasteiger partial charge in [-0.05, 0) is 55.8 Å². The Kier molecular flexibility index (Phi) is 5.49. The molecule has 0 unspecified atom stereocenters. The first-order chi connectivity index (χ1) is 10.8. The topological polar surface area (TPSA) is 32.3 Å². The number of hydrogen-bond acceptors (Lipinski definition) is 2. The summed E-state index contributed by atoms with van der Waals surface area (Å²) in [6, 6.07) is 8.39. The molecule has 0 aliphatic carbocycles. The van der Waals surface area contributed by atoms with Crippen molar-refractivity contribution < 1.29 is 4.79 Å². The third-order valence-corrected chi connectivity index (χ3v) is 5.07. The van der Waals surface area contributed by atoms with E-state index in [1.807, 2.05) is 12.1 Å². The van der Waals surface area contributed by atoms with Crippen molar-refractivity contribution in [3.8, 4) is 0 Å². The second-order valence-electron chi connectivity index (χ2n) is 6.73. The first-order valence-electron chi connectivity index (χ1n) is 8.94. The van der Waals surface area contributed by atoms with Gasteiger partial charge in [0.15, 0.2) is 0 Å². The lowest BCUT2D eigenvalue weighted by Crippen LogP contribution is -2.33. The molecule has 120 valence electrons. The van der Waals surface area contributed by atoms with Crippen LogP contribution in [-0.2, 0) is 0 Å². The quantitative estimate of drug-likeness (QED) is 0.905. The molecule has 1 aromatic carbocycles. The second-order valence-corrected chi connectivity index (χ2v) is 6.73. The molecule has 0 bridgehead atoms. The molecule has 1 N–H and O–H groups in total. The van der Waals surface area contributed by atoms with E-state index in [1.165, 1.54) is 37.7 Å². The van der Waals surface area contributed by atoms with E-state index in [0.717, 1.165) is 44.6 Å². The molecule has 0 aromatic heterocycles. The van der Waals surface area contributed by atoms with E-state index in [4.69, 9.17) is 0 Å². The summed E-state index contributed by atoms with van der Waals surface area (Å²) < 4.78 is 0. The Balaban J connectivity index is 1.64. The maximum atomic E-state index is 12.7. The summed E-state index contributed by atoms with van der Waals surface area (Å²) >= 11 is 0. The number of nitrogens with zero attached hydrogens (tertiary/aromatic N) is 1. The highest BCUT2D eigenvalue weighted by atomic mass is 16.2. The largest absolute Gasteiger partial charge is 0.339 e. The van der Waals surface area contributed by atoms with Gasteiger partial charge < -0.3 is 10.2 Å². The fraction of sp³-hybridized carbons (Fsp3) is 0.632. The van der Waals surface area contributed by atoms with Gasteiger partial charge >= 0.3 is 0 Å². The third kappa shape index (κ3) is 3.89. The van der Waals surface area contributed by atoms with Gasteiger partial charge in [-0.2, -0.15) is 0 Å². The summed E-state index contributed by atoms with van der Waals surface area (Å²) in [5.41, 5.74) is 2.23. The third-order valence-electron chi connectivity index (χ3n) is 5.07. The maximum absolute atomic E-state index is 12.7. The summed E-state index contributed by atoms with van der Waals surface area (Å²) in [7, 11) is 0. The molecule has 3 rings (SSSR count). The molecule has 3 nitrogen and oxygen atoms in total. The molecule has 0 saturated carbocycles. The zero-order valence-corrected chi connectivity index (χ0v) is 13.5. The van der Waals surface area contributed by atoms with Crippen LogP contribution in [-0.4, -0.2) is 37.0 Å². The fourth-order valence-corrected chi connectivity index (χ4v) is 3.67. The van der Waals surface area contributed by atoms with E-state index >= 15 is 0 Å². The lowest BCUT2D eigenvalue weighted by atomic mass is 9.91. The average Bonchev–Trinajstić information content (AvgIpc) is 2.55. The number of amides is 1. The van der Waals surface area contributed by atoms with Crippen LogP contribution >= 0.6 is 0 Å². The number of nitrogens with one attached hydrogen (secondary N) is 1. The van der Waals surface area contributed by atoms with Gasteiger partial charge in [-0.15, -0.1) is 0 Å². The molecule has 1 atom stereocenters. The molecule has 0 spiro atoms. The maximum Gasteiger partial charge on any atom is 0.253 e. The van der Waals surface area contributed by atoms with Crippen molar-refractivity contribution in [1.29, 1.82) is 0 Å². The average molecular weight is 300 g/mol. The van der Waals surface area contributed by atoms with Crippen molar-refractivity contribution >= 4 is 5.91 Å². The van der Waals surface area contributed by atoms with Crippen LogP contribution in [0.4, 0.5) is 0 Å². The number of hydrogen-bond donors (Lipinski definition) is 1. The van der Waals surface area contributed by atoms with E-state index in [2.05, 4.69) is 22.3 Å². The molecule has 0 radical (unpaired) electrons. The zero-order chi connectivity index (χ0) is 15.2. The summed E-state index contributed by atoms with van der Waals surface area (Å²) in [4.78, 5) is 14.7. The monoisotopic (exact) mass is 300 g/mol. The summed E-state index contributed by atoms with van der Waals surface area (Å²) in [6.45, 7) is 4.06. The molecule has 3 heteroatoms. The van der Waals surface area contributed by atoms with Crippen LogP contribution in [0.1, 0.15) is 66.8 Å². The smallest absolute Gasteiger partial charge is 0.253 e. The number of carbonyl (C=O) groups is 1. The van der Waals surface area contributed by atoms with Crippen LogP contribution in [0.3, 0.4) is 0 Å². The van der Waals surface area contributed by atoms with Gasteiger partial charge in [0.2, 0.25) is 0 Å². The highest BCUT2D eigenvalue weighted by Crippen LogP contribution is 2.24. The van der Waals surface area contributed by atoms with Gasteiger partial charge in [0, 0.05) is 25.2 Å². The first kappa shape index (κ1) is 15.5. The van der Waals surface area contributed by atoms with Gasteiger partial charge in [-0.1, -0.05) is 31.4 Å². The van der Waals surface area contributed by atoms with Crippen LogP contribution in [0, 0.1) is 0 Å². The summed E-state index contributed by atoms with van der Waals surface area (Å²) in [6.07, 6.45) is 8.65. The molecule has 2 heterocycles. The molecule has 2 aliphatic rings. The standard InChI is InChI=1S/C19H28N2O/c22-19(21-13-4-2-1-3-5-14-21)17-10-8-16(9-11-17)18-7-6-12-20-15-18/h8-11,18,20H,1-7,12-15H2/t18-/m0/s1. The molecule has 1 aromatic rings. The zero-order valence-electron chi connectivity index (χ0n) is 13.5. The minimum atomic E-state index is 0.218. The van der Waals surface area contributed by atoms with Crippen molar-refractivity contribution in [1.82, 2.24) is 10.2 Å². The Hall–Kier alpha value is -1.35. The van der Waals surface area contributed by atoms with Gasteiger partial charge in [0.05, 0.1) is 0 Å². The Labute approximate surface area is 134 Å². The number of carbonyl (C=O) groups excluding carboxylic acids is 1. The fourth-order valence-electron chi connectivity index (χ4n) is 3.67. The predicted octanol–water partition coefficient (Wildman–Crippen LogP) is 3.56. The Morgan fingerprint density at radius 3 is 2.27 bits per heavy atom. The number of likely N-dealkylation sites (tertiary alicyclic amines) is 1. The highest BCUT2D eigenvalue weighted by molar-refractivity contribution is 5.94. The number of benzene rings is 1. The molecule has 22 heavy (non-hydrogen) atoms. The first-order valence-corrected chi connectivity index (χ1v) is 8.94. The molecular weight excluding hydrogens is 272 g/mol. The molecule has 2 aliphatic heterocycles. The van der Waals surface area contributed by atoms with E-state index in [9.17, 15) is 4.79 Å². The van der Waals surface area contributed by atoms with E-state index < -0.39 is 0 Å². The van der Waals surface area contributed by atoms with Crippen LogP contribution in [0.2, 0.25) is 0 Å². The molecular formula is C19H28N2O. The summed E-state index contributed by atoms with van der Waals surface area (Å²) in [5.74, 6) is 0.829. The van der Waals surface area contributed by atoms with Crippen LogP contribution < -0.4 is 5.32 Å². The molecule has 2 saturated heterocycles. The molecule has 1 amide bonds. The van der Waals surface area contributed by atoms with Crippen LogP contribution in [0.25, 0.3) is 0 Å². The number of piperidine rings is 1. The van der Waals surface area contributed by atoms with Crippen molar-refractivity contribution in [3.63, 3.8) is 0 Å². The Bertz CT molecular complexity index is 469. The van der Waals surface area contributed by atoms with Crippen LogP contribution in [0.5, 0.6) is 0 Å². The lowest BCUT2D eigenvalue weighted by Gasteiger charge is -2.26. The molecule has 2 fully saturated rings. The Morgan fingerprint density at radius 1 is 0.955 bits per heavy atom. The number of rotatable bonds is 2. The minimum Gasteiger partial charge on any atom is -0.339 e. The van der Waals surface area contributed by atoms with Gasteiger partial charge in [-0.3, -0.25) is 4.79 Å². The van der Waals surface area contributed by atoms with Crippen molar-refractivity contribution in [2.45, 2.75) is 50.9 Å². The van der Waals surface area contributed by atoms with Crippen LogP contribution in [0.15, 0.2) is 24.3 Å². The van der Waals surface area contributed by atoms with Gasteiger partial charge in [0.1, 0.15) is 0 Å². The van der Waals surface area contributed by atoms with E-state index in [0.29, 0.717) is 5.92 Å². The van der Waals surface area contributed by atoms with E-state index in [-0.39, 0.29) is 5.91 Å². The van der Waals surface area contributed by atoms with E-state index in [1.54, 1.807) is 0 Å². The Morgan fingerprint density at radius 2 is 1.64 bits per heavy atom. The summed E-state index contributed by atoms with van der Waals surface area (Å²) in [5, 5.41) is 3.46. The SMILES string of the molecule is O=C(c1ccc([C@H]2CCCNC2)cc1)N1CCCCCCC1. The van der Waals surface area contributed by atoms with Crippen molar-refractivity contribution in [3.05, 3.63) is 35.4 Å². The minimum absolute atomic E-state index is 0.218. The normalized spacial score (nSPS) is 23.6. The van der Waals surface area contributed by atoms with Crippen molar-refractivity contribution in [2.24, 2.45) is 0 Å². The lowest BCUT2D eigenvalue weighted by molar-refractivity contribution is 0.0742.